The third-order valence-corrected chi connectivity index (χ3v) is 4.40. The number of hydrogen-bond acceptors (Lipinski definition) is 4. The number of anilines is 1. The van der Waals surface area contributed by atoms with Gasteiger partial charge in [-0.1, -0.05) is 48.2 Å². The minimum atomic E-state index is -0.113. The standard InChI is InChI=1S/C20H16N2O2S/c23-18(14-25-19-8-4-5-13-21-19)22-17-11-9-16(10-12-17)20(24)15-6-2-1-3-7-15/h1-13H,14H2,(H,22,23). The highest BCUT2D eigenvalue weighted by molar-refractivity contribution is 7.99. The van der Waals surface area contributed by atoms with Crippen molar-refractivity contribution in [3.63, 3.8) is 0 Å². The zero-order chi connectivity index (χ0) is 17.5. The van der Waals surface area contributed by atoms with Gasteiger partial charge in [0.05, 0.1) is 10.8 Å². The first-order valence-corrected chi connectivity index (χ1v) is 8.74. The van der Waals surface area contributed by atoms with Crippen molar-refractivity contribution in [3.05, 3.63) is 90.1 Å². The van der Waals surface area contributed by atoms with Crippen molar-refractivity contribution >= 4 is 29.1 Å². The lowest BCUT2D eigenvalue weighted by Crippen LogP contribution is -2.14. The molecule has 2 aromatic carbocycles. The fraction of sp³-hybridized carbons (Fsp3) is 0.0500. The van der Waals surface area contributed by atoms with E-state index in [1.807, 2.05) is 36.4 Å². The molecule has 0 aliphatic rings. The Morgan fingerprint density at radius 3 is 2.20 bits per heavy atom. The van der Waals surface area contributed by atoms with Gasteiger partial charge in [-0.3, -0.25) is 9.59 Å². The molecule has 4 nitrogen and oxygen atoms in total. The Bertz CT molecular complexity index is 850. The minimum Gasteiger partial charge on any atom is -0.325 e. The molecule has 124 valence electrons. The van der Waals surface area contributed by atoms with E-state index in [0.29, 0.717) is 16.8 Å². The highest BCUT2D eigenvalue weighted by Crippen LogP contribution is 2.16. The number of nitrogens with zero attached hydrogens (tertiary/aromatic N) is 1. The summed E-state index contributed by atoms with van der Waals surface area (Å²) >= 11 is 1.38. The molecule has 0 saturated carbocycles. The van der Waals surface area contributed by atoms with Gasteiger partial charge in [0.15, 0.2) is 5.78 Å². The maximum Gasteiger partial charge on any atom is 0.234 e. The number of rotatable bonds is 6. The predicted octanol–water partition coefficient (Wildman–Crippen LogP) is 4.04. The number of ketones is 1. The van der Waals surface area contributed by atoms with Crippen molar-refractivity contribution in [1.82, 2.24) is 4.98 Å². The number of carbonyl (C=O) groups is 2. The first-order chi connectivity index (χ1) is 12.2. The molecule has 0 saturated heterocycles. The smallest absolute Gasteiger partial charge is 0.234 e. The second kappa shape index (κ2) is 8.26. The SMILES string of the molecule is O=C(CSc1ccccn1)Nc1ccc(C(=O)c2ccccc2)cc1. The summed E-state index contributed by atoms with van der Waals surface area (Å²) in [5.41, 5.74) is 1.90. The molecule has 0 unspecified atom stereocenters. The Kier molecular flexibility index (Phi) is 5.59. The van der Waals surface area contributed by atoms with Gasteiger partial charge in [-0.25, -0.2) is 4.98 Å². The van der Waals surface area contributed by atoms with Crippen LogP contribution in [0.2, 0.25) is 0 Å². The molecule has 0 aliphatic heterocycles. The lowest BCUT2D eigenvalue weighted by molar-refractivity contribution is -0.113. The quantitative estimate of drug-likeness (QED) is 0.539. The fourth-order valence-corrected chi connectivity index (χ4v) is 2.89. The second-order valence-corrected chi connectivity index (χ2v) is 6.27. The molecule has 0 radical (unpaired) electrons. The van der Waals surface area contributed by atoms with Crippen LogP contribution in [0.4, 0.5) is 5.69 Å². The van der Waals surface area contributed by atoms with Gasteiger partial charge < -0.3 is 5.32 Å². The Morgan fingerprint density at radius 1 is 0.840 bits per heavy atom. The van der Waals surface area contributed by atoms with Gasteiger partial charge in [-0.2, -0.15) is 0 Å². The zero-order valence-corrected chi connectivity index (χ0v) is 14.2. The first kappa shape index (κ1) is 16.9. The molecule has 0 fully saturated rings. The predicted molar refractivity (Wildman–Crippen MR) is 99.9 cm³/mol. The van der Waals surface area contributed by atoms with Gasteiger partial charge in [0.2, 0.25) is 5.91 Å². The molecule has 3 rings (SSSR count). The number of nitrogens with one attached hydrogen (secondary N) is 1. The Morgan fingerprint density at radius 2 is 1.52 bits per heavy atom. The van der Waals surface area contributed by atoms with Crippen molar-refractivity contribution in [1.29, 1.82) is 0 Å². The van der Waals surface area contributed by atoms with E-state index < -0.39 is 0 Å². The van der Waals surface area contributed by atoms with Crippen molar-refractivity contribution < 1.29 is 9.59 Å². The Balaban J connectivity index is 1.57. The van der Waals surface area contributed by atoms with Crippen molar-refractivity contribution in [3.8, 4) is 0 Å². The molecule has 0 bridgehead atoms. The van der Waals surface area contributed by atoms with Crippen LogP contribution in [0.5, 0.6) is 0 Å². The molecule has 1 heterocycles. The lowest BCUT2D eigenvalue weighted by atomic mass is 10.0. The monoisotopic (exact) mass is 348 g/mol. The number of aromatic nitrogens is 1. The third-order valence-electron chi connectivity index (χ3n) is 3.46. The molecular formula is C20H16N2O2S. The number of hydrogen-bond donors (Lipinski definition) is 1. The summed E-state index contributed by atoms with van der Waals surface area (Å²) in [5, 5.41) is 3.63. The van der Waals surface area contributed by atoms with E-state index in [9.17, 15) is 9.59 Å². The molecule has 1 amide bonds. The number of benzene rings is 2. The third kappa shape index (κ3) is 4.78. The van der Waals surface area contributed by atoms with E-state index in [2.05, 4.69) is 10.3 Å². The second-order valence-electron chi connectivity index (χ2n) is 5.28. The number of carbonyl (C=O) groups excluding carboxylic acids is 2. The molecule has 3 aromatic rings. The van der Waals surface area contributed by atoms with Crippen molar-refractivity contribution in [2.24, 2.45) is 0 Å². The summed E-state index contributed by atoms with van der Waals surface area (Å²) in [5.74, 6) is 0.129. The summed E-state index contributed by atoms with van der Waals surface area (Å²) in [7, 11) is 0. The fourth-order valence-electron chi connectivity index (χ4n) is 2.23. The normalized spacial score (nSPS) is 10.2. The van der Waals surface area contributed by atoms with Gasteiger partial charge in [-0.05, 0) is 36.4 Å². The van der Waals surface area contributed by atoms with E-state index >= 15 is 0 Å². The van der Waals surface area contributed by atoms with E-state index in [4.69, 9.17) is 0 Å². The van der Waals surface area contributed by atoms with Crippen LogP contribution in [0.25, 0.3) is 0 Å². The molecule has 1 N–H and O–H groups in total. The van der Waals surface area contributed by atoms with Crippen LogP contribution in [-0.4, -0.2) is 22.4 Å². The molecule has 1 aromatic heterocycles. The van der Waals surface area contributed by atoms with Gasteiger partial charge >= 0.3 is 0 Å². The molecule has 0 aliphatic carbocycles. The number of thioether (sulfide) groups is 1. The van der Waals surface area contributed by atoms with Crippen molar-refractivity contribution in [2.45, 2.75) is 5.03 Å². The van der Waals surface area contributed by atoms with Crippen molar-refractivity contribution in [2.75, 3.05) is 11.1 Å². The average molecular weight is 348 g/mol. The van der Waals surface area contributed by atoms with Gasteiger partial charge in [0.25, 0.3) is 0 Å². The van der Waals surface area contributed by atoms with E-state index in [1.54, 1.807) is 42.6 Å². The summed E-state index contributed by atoms with van der Waals surface area (Å²) in [6.45, 7) is 0. The van der Waals surface area contributed by atoms with Crippen LogP contribution in [-0.2, 0) is 4.79 Å². The van der Waals surface area contributed by atoms with E-state index in [-0.39, 0.29) is 17.4 Å². The zero-order valence-electron chi connectivity index (χ0n) is 13.4. The maximum atomic E-state index is 12.3. The van der Waals surface area contributed by atoms with Crippen LogP contribution in [0.15, 0.2) is 84.0 Å². The minimum absolute atomic E-state index is 0.0378. The van der Waals surface area contributed by atoms with Crippen LogP contribution in [0.3, 0.4) is 0 Å². The Hall–Kier alpha value is -2.92. The molecular weight excluding hydrogens is 332 g/mol. The van der Waals surface area contributed by atoms with E-state index in [0.717, 1.165) is 5.03 Å². The first-order valence-electron chi connectivity index (χ1n) is 7.76. The topological polar surface area (TPSA) is 59.1 Å². The molecule has 5 heteroatoms. The highest BCUT2D eigenvalue weighted by Gasteiger charge is 2.09. The molecule has 0 atom stereocenters. The average Bonchev–Trinajstić information content (AvgIpc) is 2.68. The number of pyridine rings is 1. The molecule has 25 heavy (non-hydrogen) atoms. The van der Waals surface area contributed by atoms with Gasteiger partial charge in [-0.15, -0.1) is 0 Å². The van der Waals surface area contributed by atoms with Crippen LogP contribution >= 0.6 is 11.8 Å². The van der Waals surface area contributed by atoms with Gasteiger partial charge in [0, 0.05) is 23.0 Å². The maximum absolute atomic E-state index is 12.3. The lowest BCUT2D eigenvalue weighted by Gasteiger charge is -2.06. The summed E-state index contributed by atoms with van der Waals surface area (Å²) in [4.78, 5) is 28.5. The largest absolute Gasteiger partial charge is 0.325 e. The van der Waals surface area contributed by atoms with Crippen LogP contribution in [0.1, 0.15) is 15.9 Å². The van der Waals surface area contributed by atoms with E-state index in [1.165, 1.54) is 11.8 Å². The highest BCUT2D eigenvalue weighted by atomic mass is 32.2. The summed E-state index contributed by atoms with van der Waals surface area (Å²) in [6, 6.07) is 21.6. The Labute approximate surface area is 150 Å². The molecule has 0 spiro atoms. The summed E-state index contributed by atoms with van der Waals surface area (Å²) < 4.78 is 0. The van der Waals surface area contributed by atoms with Crippen LogP contribution in [0, 0.1) is 0 Å². The van der Waals surface area contributed by atoms with Crippen LogP contribution < -0.4 is 5.32 Å². The van der Waals surface area contributed by atoms with Gasteiger partial charge in [0.1, 0.15) is 0 Å². The summed E-state index contributed by atoms with van der Waals surface area (Å²) in [6.07, 6.45) is 1.70. The number of amides is 1.